The molecule has 0 saturated heterocycles. The Labute approximate surface area is 123 Å². The number of hydrogen-bond acceptors (Lipinski definition) is 6. The van der Waals surface area contributed by atoms with Crippen molar-refractivity contribution in [3.05, 3.63) is 29.5 Å². The Hall–Kier alpha value is -2.34. The molecular formula is C15H18N4O2. The molecule has 0 bridgehead atoms. The third-order valence-corrected chi connectivity index (χ3v) is 3.50. The van der Waals surface area contributed by atoms with E-state index in [1.807, 2.05) is 25.1 Å². The van der Waals surface area contributed by atoms with E-state index < -0.39 is 0 Å². The third kappa shape index (κ3) is 2.50. The molecule has 1 aliphatic rings. The van der Waals surface area contributed by atoms with E-state index in [-0.39, 0.29) is 0 Å². The highest BCUT2D eigenvalue weighted by molar-refractivity contribution is 5.64. The van der Waals surface area contributed by atoms with Gasteiger partial charge < -0.3 is 14.9 Å². The number of aromatic nitrogens is 2. The van der Waals surface area contributed by atoms with E-state index >= 15 is 0 Å². The largest absolute Gasteiger partial charge is 0.486 e. The summed E-state index contributed by atoms with van der Waals surface area (Å²) in [6.45, 7) is 5.15. The average Bonchev–Trinajstić information content (AvgIpc) is 2.53. The Morgan fingerprint density at radius 2 is 1.95 bits per heavy atom. The maximum atomic E-state index is 5.60. The molecule has 6 heteroatoms. The van der Waals surface area contributed by atoms with Crippen LogP contribution in [-0.2, 0) is 6.42 Å². The molecule has 0 saturated carbocycles. The van der Waals surface area contributed by atoms with Crippen molar-refractivity contribution >= 4 is 5.82 Å². The molecule has 0 unspecified atom stereocenters. The first kappa shape index (κ1) is 13.6. The predicted molar refractivity (Wildman–Crippen MR) is 80.4 cm³/mol. The van der Waals surface area contributed by atoms with Crippen molar-refractivity contribution < 1.29 is 9.47 Å². The maximum Gasteiger partial charge on any atom is 0.162 e. The van der Waals surface area contributed by atoms with Gasteiger partial charge in [0.25, 0.3) is 0 Å². The highest BCUT2D eigenvalue weighted by Crippen LogP contribution is 2.34. The summed E-state index contributed by atoms with van der Waals surface area (Å²) in [5.74, 6) is 8.33. The van der Waals surface area contributed by atoms with E-state index in [0.29, 0.717) is 24.9 Å². The van der Waals surface area contributed by atoms with Crippen molar-refractivity contribution in [3.8, 4) is 22.9 Å². The molecule has 0 aliphatic carbocycles. The standard InChI is InChI=1S/C15H18N4O2/c1-3-11-9(2)17-14(18-15(11)19-16)10-4-5-12-13(8-10)21-7-6-20-12/h4-5,8H,3,6-7,16H2,1-2H3,(H,17,18,19). The molecule has 21 heavy (non-hydrogen) atoms. The Balaban J connectivity index is 2.06. The van der Waals surface area contributed by atoms with Gasteiger partial charge in [0, 0.05) is 16.8 Å². The molecule has 0 radical (unpaired) electrons. The molecule has 110 valence electrons. The predicted octanol–water partition coefficient (Wildman–Crippen LogP) is 2.07. The number of aryl methyl sites for hydroxylation is 1. The van der Waals surface area contributed by atoms with Crippen LogP contribution in [0, 0.1) is 6.92 Å². The minimum absolute atomic E-state index is 0.556. The van der Waals surface area contributed by atoms with Crippen LogP contribution in [0.1, 0.15) is 18.2 Å². The van der Waals surface area contributed by atoms with E-state index in [1.165, 1.54) is 0 Å². The second-order valence-electron chi connectivity index (χ2n) is 4.82. The van der Waals surface area contributed by atoms with Crippen LogP contribution in [0.4, 0.5) is 5.82 Å². The number of ether oxygens (including phenoxy) is 2. The van der Waals surface area contributed by atoms with Gasteiger partial charge in [-0.3, -0.25) is 0 Å². The van der Waals surface area contributed by atoms with Gasteiger partial charge in [-0.15, -0.1) is 0 Å². The molecule has 0 amide bonds. The quantitative estimate of drug-likeness (QED) is 0.664. The molecule has 1 aromatic carbocycles. The van der Waals surface area contributed by atoms with Crippen LogP contribution in [0.15, 0.2) is 18.2 Å². The third-order valence-electron chi connectivity index (χ3n) is 3.50. The number of nitrogens with one attached hydrogen (secondary N) is 1. The average molecular weight is 286 g/mol. The summed E-state index contributed by atoms with van der Waals surface area (Å²) in [5, 5.41) is 0. The number of nitrogen functional groups attached to an aromatic ring is 1. The number of nitrogens with two attached hydrogens (primary N) is 1. The Kier molecular flexibility index (Phi) is 3.62. The van der Waals surface area contributed by atoms with Crippen molar-refractivity contribution in [3.63, 3.8) is 0 Å². The summed E-state index contributed by atoms with van der Waals surface area (Å²) in [6, 6.07) is 5.70. The SMILES string of the molecule is CCc1c(C)nc(-c2ccc3c(c2)OCCO3)nc1NN. The van der Waals surface area contributed by atoms with E-state index in [9.17, 15) is 0 Å². The zero-order valence-electron chi connectivity index (χ0n) is 12.1. The summed E-state index contributed by atoms with van der Waals surface area (Å²) in [7, 11) is 0. The normalized spacial score (nSPS) is 13.1. The summed E-state index contributed by atoms with van der Waals surface area (Å²) in [6.07, 6.45) is 0.826. The first-order valence-corrected chi connectivity index (χ1v) is 6.97. The number of rotatable bonds is 3. The fourth-order valence-electron chi connectivity index (χ4n) is 2.45. The lowest BCUT2D eigenvalue weighted by Gasteiger charge is -2.19. The van der Waals surface area contributed by atoms with E-state index in [1.54, 1.807) is 0 Å². The number of benzene rings is 1. The van der Waals surface area contributed by atoms with Crippen LogP contribution in [0.5, 0.6) is 11.5 Å². The minimum Gasteiger partial charge on any atom is -0.486 e. The van der Waals surface area contributed by atoms with E-state index in [2.05, 4.69) is 22.3 Å². The number of fused-ring (bicyclic) bond motifs is 1. The molecule has 1 aliphatic heterocycles. The van der Waals surface area contributed by atoms with Gasteiger partial charge in [0.2, 0.25) is 0 Å². The molecule has 0 atom stereocenters. The van der Waals surface area contributed by atoms with E-state index in [0.717, 1.165) is 34.7 Å². The fraction of sp³-hybridized carbons (Fsp3) is 0.333. The van der Waals surface area contributed by atoms with E-state index in [4.69, 9.17) is 15.3 Å². The Morgan fingerprint density at radius 3 is 2.67 bits per heavy atom. The number of hydrazine groups is 1. The summed E-state index contributed by atoms with van der Waals surface area (Å²) < 4.78 is 11.1. The van der Waals surface area contributed by atoms with Crippen molar-refractivity contribution in [1.82, 2.24) is 9.97 Å². The lowest BCUT2D eigenvalue weighted by atomic mass is 10.1. The lowest BCUT2D eigenvalue weighted by Crippen LogP contribution is -2.15. The number of nitrogens with zero attached hydrogens (tertiary/aromatic N) is 2. The molecule has 2 aromatic rings. The smallest absolute Gasteiger partial charge is 0.162 e. The van der Waals surface area contributed by atoms with Gasteiger partial charge in [-0.25, -0.2) is 15.8 Å². The topological polar surface area (TPSA) is 82.3 Å². The van der Waals surface area contributed by atoms with Gasteiger partial charge in [0.05, 0.1) is 0 Å². The lowest BCUT2D eigenvalue weighted by molar-refractivity contribution is 0.171. The second-order valence-corrected chi connectivity index (χ2v) is 4.82. The number of anilines is 1. The van der Waals surface area contributed by atoms with Crippen LogP contribution < -0.4 is 20.7 Å². The van der Waals surface area contributed by atoms with Gasteiger partial charge in [0.15, 0.2) is 17.3 Å². The molecule has 3 N–H and O–H groups in total. The van der Waals surface area contributed by atoms with Gasteiger partial charge >= 0.3 is 0 Å². The molecule has 1 aromatic heterocycles. The van der Waals surface area contributed by atoms with Crippen molar-refractivity contribution in [2.45, 2.75) is 20.3 Å². The first-order chi connectivity index (χ1) is 10.2. The second kappa shape index (κ2) is 5.57. The zero-order chi connectivity index (χ0) is 14.8. The highest BCUT2D eigenvalue weighted by atomic mass is 16.6. The maximum absolute atomic E-state index is 5.60. The molecule has 3 rings (SSSR count). The van der Waals surface area contributed by atoms with Crippen molar-refractivity contribution in [2.75, 3.05) is 18.6 Å². The van der Waals surface area contributed by atoms with Crippen LogP contribution >= 0.6 is 0 Å². The van der Waals surface area contributed by atoms with Gasteiger partial charge in [-0.05, 0) is 31.5 Å². The first-order valence-electron chi connectivity index (χ1n) is 6.97. The summed E-state index contributed by atoms with van der Waals surface area (Å²) in [5.41, 5.74) is 5.48. The Bertz CT molecular complexity index is 673. The minimum atomic E-state index is 0.556. The van der Waals surface area contributed by atoms with Gasteiger partial charge in [-0.1, -0.05) is 6.92 Å². The zero-order valence-corrected chi connectivity index (χ0v) is 12.1. The van der Waals surface area contributed by atoms with Crippen LogP contribution in [0.3, 0.4) is 0 Å². The monoisotopic (exact) mass is 286 g/mol. The fourth-order valence-corrected chi connectivity index (χ4v) is 2.45. The molecule has 2 heterocycles. The van der Waals surface area contributed by atoms with Crippen LogP contribution in [0.2, 0.25) is 0 Å². The number of hydrogen-bond donors (Lipinski definition) is 2. The van der Waals surface area contributed by atoms with Crippen LogP contribution in [0.25, 0.3) is 11.4 Å². The summed E-state index contributed by atoms with van der Waals surface area (Å²) in [4.78, 5) is 9.07. The molecule has 0 spiro atoms. The van der Waals surface area contributed by atoms with Crippen molar-refractivity contribution in [2.24, 2.45) is 5.84 Å². The van der Waals surface area contributed by atoms with Crippen LogP contribution in [-0.4, -0.2) is 23.2 Å². The van der Waals surface area contributed by atoms with Gasteiger partial charge in [0.1, 0.15) is 19.0 Å². The molecule has 0 fully saturated rings. The molecular weight excluding hydrogens is 268 g/mol. The highest BCUT2D eigenvalue weighted by Gasteiger charge is 2.15. The molecule has 6 nitrogen and oxygen atoms in total. The Morgan fingerprint density at radius 1 is 1.19 bits per heavy atom. The van der Waals surface area contributed by atoms with Gasteiger partial charge in [-0.2, -0.15) is 0 Å². The van der Waals surface area contributed by atoms with Crippen molar-refractivity contribution in [1.29, 1.82) is 0 Å². The summed E-state index contributed by atoms with van der Waals surface area (Å²) >= 11 is 0.